The fourth-order valence-electron chi connectivity index (χ4n) is 2.87. The van der Waals surface area contributed by atoms with Crippen molar-refractivity contribution in [3.8, 4) is 11.5 Å². The molecule has 6 heteroatoms. The van der Waals surface area contributed by atoms with Crippen LogP contribution in [0.1, 0.15) is 12.5 Å². The molecule has 3 aromatic carbocycles. The van der Waals surface area contributed by atoms with Crippen LogP contribution in [0.25, 0.3) is 0 Å². The largest absolute Gasteiger partial charge is 0.454 e. The van der Waals surface area contributed by atoms with Crippen LogP contribution in [0.2, 0.25) is 0 Å². The van der Waals surface area contributed by atoms with Crippen LogP contribution in [0, 0.1) is 0 Å². The van der Waals surface area contributed by atoms with Crippen LogP contribution < -0.4 is 25.3 Å². The van der Waals surface area contributed by atoms with E-state index in [9.17, 15) is 0 Å². The minimum absolute atomic E-state index is 0.260. The topological polar surface area (TPSA) is 42.9 Å². The van der Waals surface area contributed by atoms with Gasteiger partial charge < -0.3 is 9.47 Å². The second kappa shape index (κ2) is 7.55. The molecule has 3 aromatic rings. The SMILES string of the molecule is C/C(=N/NP(=S)(c1ccccc1)c1ccccc1)c1ccc2c(c1)OCO2. The van der Waals surface area contributed by atoms with E-state index in [0.717, 1.165) is 33.4 Å². The van der Waals surface area contributed by atoms with Crippen molar-refractivity contribution in [3.05, 3.63) is 84.4 Å². The molecule has 4 rings (SSSR count). The third-order valence-corrected chi connectivity index (χ3v) is 8.33. The van der Waals surface area contributed by atoms with Gasteiger partial charge in [-0.25, -0.2) is 0 Å². The molecular formula is C21H19N2O2PS. The Kier molecular flexibility index (Phi) is 4.97. The molecule has 1 N–H and O–H groups in total. The van der Waals surface area contributed by atoms with Gasteiger partial charge in [0.2, 0.25) is 6.79 Å². The fraction of sp³-hybridized carbons (Fsp3) is 0.0952. The smallest absolute Gasteiger partial charge is 0.231 e. The normalized spacial score (nSPS) is 13.4. The number of benzene rings is 3. The van der Waals surface area contributed by atoms with Gasteiger partial charge in [-0.1, -0.05) is 72.5 Å². The summed E-state index contributed by atoms with van der Waals surface area (Å²) >= 11 is 6.13. The van der Waals surface area contributed by atoms with Gasteiger partial charge in [-0.3, -0.25) is 5.20 Å². The second-order valence-electron chi connectivity index (χ2n) is 6.15. The summed E-state index contributed by atoms with van der Waals surface area (Å²) in [5, 5.41) is 10.2. The Hall–Kier alpha value is -2.62. The van der Waals surface area contributed by atoms with E-state index in [0.29, 0.717) is 0 Å². The summed E-state index contributed by atoms with van der Waals surface area (Å²) in [6.07, 6.45) is -2.27. The molecule has 0 aromatic heterocycles. The molecule has 0 unspecified atom stereocenters. The van der Waals surface area contributed by atoms with Crippen molar-refractivity contribution in [2.75, 3.05) is 6.79 Å². The van der Waals surface area contributed by atoms with Crippen LogP contribution in [0.4, 0.5) is 0 Å². The van der Waals surface area contributed by atoms with E-state index in [2.05, 4.69) is 34.6 Å². The number of nitrogens with one attached hydrogen (secondary N) is 1. The summed E-state index contributed by atoms with van der Waals surface area (Å²) in [4.78, 5) is 0. The lowest BCUT2D eigenvalue weighted by Crippen LogP contribution is -2.25. The molecule has 0 fully saturated rings. The minimum Gasteiger partial charge on any atom is -0.454 e. The Bertz CT molecular complexity index is 979. The minimum atomic E-state index is -2.27. The third-order valence-electron chi connectivity index (χ3n) is 4.39. The molecule has 0 amide bonds. The lowest BCUT2D eigenvalue weighted by molar-refractivity contribution is 0.174. The van der Waals surface area contributed by atoms with Gasteiger partial charge in [-0.15, -0.1) is 0 Å². The van der Waals surface area contributed by atoms with Crippen LogP contribution in [0.15, 0.2) is 84.0 Å². The van der Waals surface area contributed by atoms with E-state index in [1.807, 2.05) is 61.5 Å². The summed E-state index contributed by atoms with van der Waals surface area (Å²) in [6, 6.07) is 26.1. The van der Waals surface area contributed by atoms with Gasteiger partial charge in [-0.05, 0) is 25.1 Å². The molecular weight excluding hydrogens is 375 g/mol. The lowest BCUT2D eigenvalue weighted by atomic mass is 10.1. The summed E-state index contributed by atoms with van der Waals surface area (Å²) < 4.78 is 10.8. The van der Waals surface area contributed by atoms with Crippen LogP contribution in [-0.2, 0) is 11.8 Å². The third kappa shape index (κ3) is 3.61. The maximum Gasteiger partial charge on any atom is 0.231 e. The molecule has 0 spiro atoms. The molecule has 0 radical (unpaired) electrons. The molecule has 0 saturated carbocycles. The first-order chi connectivity index (χ1) is 13.2. The molecule has 1 aliphatic rings. The predicted molar refractivity (Wildman–Crippen MR) is 114 cm³/mol. The van der Waals surface area contributed by atoms with E-state index < -0.39 is 6.19 Å². The van der Waals surface area contributed by atoms with Crippen molar-refractivity contribution in [2.24, 2.45) is 5.10 Å². The maximum atomic E-state index is 6.13. The van der Waals surface area contributed by atoms with Gasteiger partial charge in [0.15, 0.2) is 11.5 Å². The van der Waals surface area contributed by atoms with Crippen molar-refractivity contribution < 1.29 is 9.47 Å². The second-order valence-corrected chi connectivity index (χ2v) is 10.2. The van der Waals surface area contributed by atoms with Crippen LogP contribution >= 0.6 is 6.19 Å². The number of fused-ring (bicyclic) bond motifs is 1. The summed E-state index contributed by atoms with van der Waals surface area (Å²) in [6.45, 7) is 2.22. The molecule has 0 aliphatic carbocycles. The van der Waals surface area contributed by atoms with Crippen LogP contribution in [0.5, 0.6) is 11.5 Å². The maximum absolute atomic E-state index is 6.13. The summed E-state index contributed by atoms with van der Waals surface area (Å²) in [5.41, 5.74) is 1.81. The van der Waals surface area contributed by atoms with Crippen LogP contribution in [-0.4, -0.2) is 12.5 Å². The number of hydrazone groups is 1. The summed E-state index contributed by atoms with van der Waals surface area (Å²) in [5.74, 6) is 1.51. The monoisotopic (exact) mass is 394 g/mol. The van der Waals surface area contributed by atoms with E-state index in [1.54, 1.807) is 0 Å². The zero-order valence-electron chi connectivity index (χ0n) is 14.8. The Morgan fingerprint density at radius 3 is 2.11 bits per heavy atom. The number of rotatable bonds is 5. The molecule has 136 valence electrons. The quantitative estimate of drug-likeness (QED) is 0.406. The standard InChI is InChI=1S/C21H19N2O2PS/c1-16(17-12-13-20-21(14-17)25-15-24-20)22-23-26(27,18-8-4-2-5-9-18)19-10-6-3-7-11-19/h2-14H,15H2,1H3,(H,23,27)/b22-16-. The van der Waals surface area contributed by atoms with Gasteiger partial charge in [0.25, 0.3) is 0 Å². The van der Waals surface area contributed by atoms with E-state index in [-0.39, 0.29) is 6.79 Å². The lowest BCUT2D eigenvalue weighted by Gasteiger charge is -2.23. The predicted octanol–water partition coefficient (Wildman–Crippen LogP) is 3.77. The van der Waals surface area contributed by atoms with Gasteiger partial charge in [0.05, 0.1) is 5.71 Å². The molecule has 1 aliphatic heterocycles. The van der Waals surface area contributed by atoms with Gasteiger partial charge in [-0.2, -0.15) is 5.10 Å². The highest BCUT2D eigenvalue weighted by Crippen LogP contribution is 2.39. The van der Waals surface area contributed by atoms with Gasteiger partial charge >= 0.3 is 0 Å². The molecule has 1 heterocycles. The highest BCUT2D eigenvalue weighted by atomic mass is 32.4. The van der Waals surface area contributed by atoms with E-state index >= 15 is 0 Å². The average molecular weight is 394 g/mol. The van der Waals surface area contributed by atoms with Crippen molar-refractivity contribution in [2.45, 2.75) is 6.92 Å². The summed E-state index contributed by atoms with van der Waals surface area (Å²) in [7, 11) is 0. The van der Waals surface area contributed by atoms with Gasteiger partial charge in [0, 0.05) is 16.2 Å². The Morgan fingerprint density at radius 1 is 0.889 bits per heavy atom. The number of nitrogens with zero attached hydrogens (tertiary/aromatic N) is 1. The number of hydrogen-bond acceptors (Lipinski definition) is 4. The van der Waals surface area contributed by atoms with Crippen molar-refractivity contribution >= 4 is 34.3 Å². The number of hydrogen-bond donors (Lipinski definition) is 1. The molecule has 0 bridgehead atoms. The molecule has 0 atom stereocenters. The average Bonchev–Trinajstić information content (AvgIpc) is 3.21. The highest BCUT2D eigenvalue weighted by molar-refractivity contribution is 8.20. The van der Waals surface area contributed by atoms with Crippen LogP contribution in [0.3, 0.4) is 0 Å². The van der Waals surface area contributed by atoms with E-state index in [1.165, 1.54) is 0 Å². The van der Waals surface area contributed by atoms with Crippen molar-refractivity contribution in [3.63, 3.8) is 0 Å². The van der Waals surface area contributed by atoms with Gasteiger partial charge in [0.1, 0.15) is 6.19 Å². The molecule has 27 heavy (non-hydrogen) atoms. The zero-order chi connectivity index (χ0) is 18.7. The zero-order valence-corrected chi connectivity index (χ0v) is 16.5. The fourth-order valence-corrected chi connectivity index (χ4v) is 5.73. The Morgan fingerprint density at radius 2 is 1.48 bits per heavy atom. The first-order valence-corrected chi connectivity index (χ1v) is 11.4. The Labute approximate surface area is 163 Å². The van der Waals surface area contributed by atoms with E-state index in [4.69, 9.17) is 21.3 Å². The first kappa shape index (κ1) is 17.8. The molecule has 0 saturated heterocycles. The van der Waals surface area contributed by atoms with Crippen molar-refractivity contribution in [1.82, 2.24) is 5.20 Å². The number of ether oxygens (including phenoxy) is 2. The van der Waals surface area contributed by atoms with Crippen molar-refractivity contribution in [1.29, 1.82) is 0 Å². The highest BCUT2D eigenvalue weighted by Gasteiger charge is 2.22. The molecule has 4 nitrogen and oxygen atoms in total. The first-order valence-electron chi connectivity index (χ1n) is 8.60. The Balaban J connectivity index is 1.68.